The Morgan fingerprint density at radius 1 is 1.07 bits per heavy atom. The number of rotatable bonds is 8. The SMILES string of the molecule is CN(C)Cc1ccc(-c2c(-c3cccc(OC(F)(F)F)c3)cc3n2[C@@H](CCN(C(=O)O)C(C)(C)C)CNC3=O)cc1. The van der Waals surface area contributed by atoms with Crippen LogP contribution in [-0.4, -0.2) is 70.6 Å². The minimum atomic E-state index is -4.85. The van der Waals surface area contributed by atoms with E-state index in [9.17, 15) is 27.9 Å². The van der Waals surface area contributed by atoms with Crippen molar-refractivity contribution in [2.24, 2.45) is 0 Å². The van der Waals surface area contributed by atoms with E-state index in [4.69, 9.17) is 0 Å². The number of nitrogens with zero attached hydrogens (tertiary/aromatic N) is 3. The number of benzene rings is 2. The van der Waals surface area contributed by atoms with Crippen molar-refractivity contribution in [1.82, 2.24) is 19.7 Å². The molecule has 1 aliphatic rings. The lowest BCUT2D eigenvalue weighted by Gasteiger charge is -2.36. The molecule has 41 heavy (non-hydrogen) atoms. The van der Waals surface area contributed by atoms with Crippen LogP contribution in [-0.2, 0) is 6.54 Å². The maximum absolute atomic E-state index is 13.1. The third-order valence-corrected chi connectivity index (χ3v) is 6.96. The molecule has 220 valence electrons. The molecule has 4 rings (SSSR count). The van der Waals surface area contributed by atoms with Crippen LogP contribution in [0, 0.1) is 0 Å². The fraction of sp³-hybridized carbons (Fsp3) is 0.400. The zero-order valence-electron chi connectivity index (χ0n) is 23.7. The van der Waals surface area contributed by atoms with Gasteiger partial charge in [0, 0.05) is 30.7 Å². The largest absolute Gasteiger partial charge is 0.573 e. The van der Waals surface area contributed by atoms with Gasteiger partial charge < -0.3 is 29.5 Å². The maximum atomic E-state index is 13.1. The van der Waals surface area contributed by atoms with Crippen LogP contribution in [0.3, 0.4) is 0 Å². The molecule has 1 aliphatic heterocycles. The Kier molecular flexibility index (Phi) is 8.39. The number of hydrogen-bond acceptors (Lipinski definition) is 4. The fourth-order valence-electron chi connectivity index (χ4n) is 5.21. The minimum absolute atomic E-state index is 0.225. The van der Waals surface area contributed by atoms with E-state index >= 15 is 0 Å². The summed E-state index contributed by atoms with van der Waals surface area (Å²) in [5, 5.41) is 12.7. The molecule has 0 unspecified atom stereocenters. The Bertz CT molecular complexity index is 1410. The average Bonchev–Trinajstić information content (AvgIpc) is 3.25. The van der Waals surface area contributed by atoms with Gasteiger partial charge in [-0.25, -0.2) is 4.79 Å². The summed E-state index contributed by atoms with van der Waals surface area (Å²) in [6.07, 6.45) is -5.48. The van der Waals surface area contributed by atoms with Gasteiger partial charge in [-0.05, 0) is 76.2 Å². The van der Waals surface area contributed by atoms with Gasteiger partial charge in [0.25, 0.3) is 5.91 Å². The third kappa shape index (κ3) is 7.02. The number of halogens is 3. The minimum Gasteiger partial charge on any atom is -0.465 e. The first-order valence-electron chi connectivity index (χ1n) is 13.3. The highest BCUT2D eigenvalue weighted by molar-refractivity contribution is 5.98. The number of amides is 2. The van der Waals surface area contributed by atoms with Crippen molar-refractivity contribution in [1.29, 1.82) is 0 Å². The number of carboxylic acid groups (broad SMARTS) is 1. The first kappa shape index (κ1) is 30.0. The smallest absolute Gasteiger partial charge is 0.465 e. The molecule has 0 saturated heterocycles. The van der Waals surface area contributed by atoms with Crippen molar-refractivity contribution in [3.8, 4) is 28.1 Å². The fourth-order valence-corrected chi connectivity index (χ4v) is 5.21. The van der Waals surface area contributed by atoms with Crippen LogP contribution >= 0.6 is 0 Å². The third-order valence-electron chi connectivity index (χ3n) is 6.96. The highest BCUT2D eigenvalue weighted by Gasteiger charge is 2.34. The molecule has 0 spiro atoms. The molecule has 3 aromatic rings. The maximum Gasteiger partial charge on any atom is 0.573 e. The highest BCUT2D eigenvalue weighted by Crippen LogP contribution is 2.41. The van der Waals surface area contributed by atoms with E-state index in [1.807, 2.05) is 68.6 Å². The van der Waals surface area contributed by atoms with Gasteiger partial charge in [0.1, 0.15) is 11.4 Å². The summed E-state index contributed by atoms with van der Waals surface area (Å²) in [5.74, 6) is -0.679. The molecular formula is C30H35F3N4O4. The molecular weight excluding hydrogens is 537 g/mol. The van der Waals surface area contributed by atoms with Crippen LogP contribution in [0.25, 0.3) is 22.4 Å². The van der Waals surface area contributed by atoms with Crippen LogP contribution in [0.1, 0.15) is 49.3 Å². The molecule has 2 amide bonds. The molecule has 2 heterocycles. The van der Waals surface area contributed by atoms with Crippen molar-refractivity contribution in [3.05, 3.63) is 65.9 Å². The second-order valence-corrected chi connectivity index (χ2v) is 11.4. The molecule has 2 N–H and O–H groups in total. The first-order chi connectivity index (χ1) is 19.1. The molecule has 0 bridgehead atoms. The lowest BCUT2D eigenvalue weighted by molar-refractivity contribution is -0.274. The van der Waals surface area contributed by atoms with Crippen molar-refractivity contribution in [2.75, 3.05) is 27.2 Å². The second-order valence-electron chi connectivity index (χ2n) is 11.4. The summed E-state index contributed by atoms with van der Waals surface area (Å²) < 4.78 is 45.1. The summed E-state index contributed by atoms with van der Waals surface area (Å²) in [4.78, 5) is 28.5. The predicted octanol–water partition coefficient (Wildman–Crippen LogP) is 6.24. The standard InChI is InChI=1S/C30H35F3N4O4/c1-29(2,3)36(28(39)40)14-13-22-17-34-27(38)25-16-24(21-7-6-8-23(15-21)41-30(31,32)33)26(37(22)25)20-11-9-19(10-12-20)18-35(4)5/h6-12,15-16,22H,13-14,17-18H2,1-5H3,(H,34,38)(H,39,40)/t22-/m0/s1. The monoisotopic (exact) mass is 572 g/mol. The van der Waals surface area contributed by atoms with Gasteiger partial charge in [-0.2, -0.15) is 0 Å². The van der Waals surface area contributed by atoms with Crippen LogP contribution in [0.4, 0.5) is 18.0 Å². The number of carbonyl (C=O) groups is 2. The summed E-state index contributed by atoms with van der Waals surface area (Å²) in [5.41, 5.74) is 3.26. The molecule has 0 aliphatic carbocycles. The Morgan fingerprint density at radius 3 is 2.34 bits per heavy atom. The number of ether oxygens (including phenoxy) is 1. The molecule has 2 aromatic carbocycles. The lowest BCUT2D eigenvalue weighted by atomic mass is 9.99. The lowest BCUT2D eigenvalue weighted by Crippen LogP contribution is -2.47. The van der Waals surface area contributed by atoms with Gasteiger partial charge >= 0.3 is 12.5 Å². The normalized spacial score (nSPS) is 15.4. The number of alkyl halides is 3. The Labute approximate surface area is 237 Å². The van der Waals surface area contributed by atoms with Gasteiger partial charge in [0.2, 0.25) is 0 Å². The molecule has 0 saturated carbocycles. The van der Waals surface area contributed by atoms with E-state index in [1.165, 1.54) is 23.1 Å². The molecule has 1 atom stereocenters. The van der Waals surface area contributed by atoms with E-state index in [1.54, 1.807) is 12.1 Å². The van der Waals surface area contributed by atoms with Gasteiger partial charge in [0.05, 0.1) is 11.7 Å². The van der Waals surface area contributed by atoms with Crippen molar-refractivity contribution in [2.45, 2.75) is 51.7 Å². The van der Waals surface area contributed by atoms with E-state index < -0.39 is 18.0 Å². The van der Waals surface area contributed by atoms with Crippen LogP contribution in [0.15, 0.2) is 54.6 Å². The summed E-state index contributed by atoms with van der Waals surface area (Å²) in [7, 11) is 3.93. The van der Waals surface area contributed by atoms with E-state index in [-0.39, 0.29) is 30.8 Å². The van der Waals surface area contributed by atoms with Crippen molar-refractivity contribution < 1.29 is 32.6 Å². The van der Waals surface area contributed by atoms with Crippen LogP contribution in [0.2, 0.25) is 0 Å². The number of aromatic nitrogens is 1. The summed E-state index contributed by atoms with van der Waals surface area (Å²) in [6.45, 7) is 6.68. The van der Waals surface area contributed by atoms with E-state index in [0.29, 0.717) is 28.9 Å². The molecule has 1 aromatic heterocycles. The summed E-state index contributed by atoms with van der Waals surface area (Å²) in [6, 6.07) is 14.9. The van der Waals surface area contributed by atoms with Gasteiger partial charge in [0.15, 0.2) is 0 Å². The van der Waals surface area contributed by atoms with Crippen LogP contribution in [0.5, 0.6) is 5.75 Å². The zero-order valence-corrected chi connectivity index (χ0v) is 23.7. The number of fused-ring (bicyclic) bond motifs is 1. The molecule has 11 heteroatoms. The molecule has 8 nitrogen and oxygen atoms in total. The van der Waals surface area contributed by atoms with Crippen molar-refractivity contribution in [3.63, 3.8) is 0 Å². The Morgan fingerprint density at radius 2 is 1.76 bits per heavy atom. The number of carbonyl (C=O) groups excluding carboxylic acids is 1. The Hall–Kier alpha value is -3.99. The highest BCUT2D eigenvalue weighted by atomic mass is 19.4. The van der Waals surface area contributed by atoms with Gasteiger partial charge in [-0.15, -0.1) is 13.2 Å². The Balaban J connectivity index is 1.85. The topological polar surface area (TPSA) is 87.0 Å². The zero-order chi connectivity index (χ0) is 30.1. The predicted molar refractivity (Wildman–Crippen MR) is 150 cm³/mol. The van der Waals surface area contributed by atoms with Crippen LogP contribution < -0.4 is 10.1 Å². The molecule has 0 radical (unpaired) electrons. The van der Waals surface area contributed by atoms with Gasteiger partial charge in [-0.3, -0.25) is 4.79 Å². The number of nitrogens with one attached hydrogen (secondary N) is 1. The van der Waals surface area contributed by atoms with Gasteiger partial charge in [-0.1, -0.05) is 36.4 Å². The first-order valence-corrected chi connectivity index (χ1v) is 13.3. The second kappa shape index (κ2) is 11.5. The average molecular weight is 573 g/mol. The van der Waals surface area contributed by atoms with Crippen molar-refractivity contribution >= 4 is 12.0 Å². The quantitative estimate of drug-likeness (QED) is 0.334. The molecule has 0 fully saturated rings. The van der Waals surface area contributed by atoms with E-state index in [2.05, 4.69) is 10.1 Å². The summed E-state index contributed by atoms with van der Waals surface area (Å²) >= 11 is 0. The van der Waals surface area contributed by atoms with E-state index in [0.717, 1.165) is 17.7 Å². The number of hydrogen-bond donors (Lipinski definition) is 2.